The summed E-state index contributed by atoms with van der Waals surface area (Å²) in [6, 6.07) is 14.8. The van der Waals surface area contributed by atoms with Crippen LogP contribution in [0.3, 0.4) is 0 Å². The first-order valence-corrected chi connectivity index (χ1v) is 13.8. The summed E-state index contributed by atoms with van der Waals surface area (Å²) in [5.41, 5.74) is 4.77. The number of benzene rings is 2. The molecule has 196 valence electrons. The Morgan fingerprint density at radius 2 is 1.75 bits per heavy atom. The Hall–Kier alpha value is -2.62. The number of fused-ring (bicyclic) bond motifs is 5. The second kappa shape index (κ2) is 12.1. The summed E-state index contributed by atoms with van der Waals surface area (Å²) in [5.74, 6) is 1.33. The fourth-order valence-corrected chi connectivity index (χ4v) is 6.77. The predicted molar refractivity (Wildman–Crippen MR) is 145 cm³/mol. The average Bonchev–Trinajstić information content (AvgIpc) is 3.20. The number of aryl methyl sites for hydroxylation is 2. The first kappa shape index (κ1) is 28.0. The molecule has 5 rings (SSSR count). The van der Waals surface area contributed by atoms with Crippen molar-refractivity contribution in [1.29, 1.82) is 0 Å². The molecule has 2 aromatic carbocycles. The van der Waals surface area contributed by atoms with Gasteiger partial charge >= 0.3 is 5.97 Å². The zero-order valence-corrected chi connectivity index (χ0v) is 23.2. The van der Waals surface area contributed by atoms with Crippen molar-refractivity contribution in [3.63, 3.8) is 0 Å². The molecule has 2 aromatic rings. The number of hydrogen-bond donors (Lipinski definition) is 0. The summed E-state index contributed by atoms with van der Waals surface area (Å²) < 4.78 is 11.1. The van der Waals surface area contributed by atoms with Gasteiger partial charge in [0.25, 0.3) is 0 Å². The van der Waals surface area contributed by atoms with Gasteiger partial charge in [0.2, 0.25) is 0 Å². The number of rotatable bonds is 4. The van der Waals surface area contributed by atoms with Crippen LogP contribution in [-0.4, -0.2) is 18.9 Å². The topological polar surface area (TPSA) is 52.6 Å². The highest BCUT2D eigenvalue weighted by Crippen LogP contribution is 2.61. The normalized spacial score (nSPS) is 27.7. The van der Waals surface area contributed by atoms with E-state index in [1.165, 1.54) is 29.4 Å². The van der Waals surface area contributed by atoms with E-state index >= 15 is 0 Å². The van der Waals surface area contributed by atoms with Gasteiger partial charge in [0.15, 0.2) is 5.78 Å². The van der Waals surface area contributed by atoms with Crippen LogP contribution in [0.2, 0.25) is 0 Å². The maximum atomic E-state index is 13.2. The minimum atomic E-state index is -0.578. The van der Waals surface area contributed by atoms with Crippen molar-refractivity contribution in [2.45, 2.75) is 86.2 Å². The van der Waals surface area contributed by atoms with Crippen LogP contribution in [0.25, 0.3) is 0 Å². The van der Waals surface area contributed by atoms with Crippen molar-refractivity contribution >= 4 is 11.8 Å². The minimum Gasteiger partial charge on any atom is -0.489 e. The molecule has 4 nitrogen and oxygen atoms in total. The molecule has 0 heterocycles. The third kappa shape index (κ3) is 5.10. The van der Waals surface area contributed by atoms with Gasteiger partial charge in [0, 0.05) is 5.41 Å². The van der Waals surface area contributed by atoms with Crippen LogP contribution in [0.5, 0.6) is 5.75 Å². The maximum absolute atomic E-state index is 13.2. The number of ether oxygens (including phenoxy) is 2. The maximum Gasteiger partial charge on any atom is 0.316 e. The zero-order chi connectivity index (χ0) is 26.5. The smallest absolute Gasteiger partial charge is 0.316 e. The standard InChI is InChI=1S/C28H32O4.2C2H6/c1-17-13-22-19(14-25(17)32-16-18-7-5-4-6-8-18)9-10-21-20(22)11-12-28(2)24(21)15-23(26(28)29)27(30)31-3;2*1-2/h4-8,13-14,20-21,23-24H,9-12,15-16H2,1-3H3;2*1-2H3/t20?,21?,23-,24?,28-;;/m0../s1. The van der Waals surface area contributed by atoms with Crippen molar-refractivity contribution in [1.82, 2.24) is 0 Å². The summed E-state index contributed by atoms with van der Waals surface area (Å²) in [6.45, 7) is 12.8. The number of carbonyl (C=O) groups excluding carboxylic acids is 2. The van der Waals surface area contributed by atoms with Crippen molar-refractivity contribution < 1.29 is 19.1 Å². The fourth-order valence-electron chi connectivity index (χ4n) is 6.77. The summed E-state index contributed by atoms with van der Waals surface area (Å²) in [6.07, 6.45) is 4.59. The van der Waals surface area contributed by atoms with Crippen LogP contribution in [0.4, 0.5) is 0 Å². The van der Waals surface area contributed by atoms with E-state index in [2.05, 4.69) is 38.1 Å². The third-order valence-corrected chi connectivity index (χ3v) is 8.50. The Labute approximate surface area is 217 Å². The van der Waals surface area contributed by atoms with Gasteiger partial charge in [-0.25, -0.2) is 0 Å². The highest BCUT2D eigenvalue weighted by molar-refractivity contribution is 6.04. The number of ketones is 1. The molecular weight excluding hydrogens is 448 g/mol. The average molecular weight is 493 g/mol. The highest BCUT2D eigenvalue weighted by atomic mass is 16.5. The minimum absolute atomic E-state index is 0.111. The molecule has 4 heteroatoms. The summed E-state index contributed by atoms with van der Waals surface area (Å²) in [4.78, 5) is 25.4. The van der Waals surface area contributed by atoms with E-state index in [4.69, 9.17) is 9.47 Å². The Morgan fingerprint density at radius 3 is 2.42 bits per heavy atom. The van der Waals surface area contributed by atoms with E-state index in [0.29, 0.717) is 24.9 Å². The fraction of sp³-hybridized carbons (Fsp3) is 0.562. The molecule has 3 unspecified atom stereocenters. The van der Waals surface area contributed by atoms with E-state index in [9.17, 15) is 9.59 Å². The van der Waals surface area contributed by atoms with Crippen LogP contribution >= 0.6 is 0 Å². The van der Waals surface area contributed by atoms with Crippen LogP contribution in [0, 0.1) is 30.1 Å². The van der Waals surface area contributed by atoms with Gasteiger partial charge in [-0.15, -0.1) is 0 Å². The lowest BCUT2D eigenvalue weighted by Gasteiger charge is -2.48. The quantitative estimate of drug-likeness (QED) is 0.328. The second-order valence-corrected chi connectivity index (χ2v) is 10.1. The molecule has 0 saturated heterocycles. The molecule has 0 spiro atoms. The predicted octanol–water partition coefficient (Wildman–Crippen LogP) is 7.45. The number of carbonyl (C=O) groups is 2. The van der Waals surface area contributed by atoms with Crippen molar-refractivity contribution in [2.75, 3.05) is 7.11 Å². The largest absolute Gasteiger partial charge is 0.489 e. The SMILES string of the molecule is CC.CC.COC(=O)[C@H]1CC2C3CCc4cc(OCc5ccccc5)c(C)cc4C3CC[C@]2(C)C1=O. The molecule has 2 fully saturated rings. The molecule has 0 aliphatic heterocycles. The molecule has 5 atom stereocenters. The molecule has 3 aliphatic carbocycles. The molecule has 0 N–H and O–H groups in total. The monoisotopic (exact) mass is 492 g/mol. The van der Waals surface area contributed by atoms with Crippen LogP contribution in [0.15, 0.2) is 42.5 Å². The Bertz CT molecular complexity index is 1040. The van der Waals surface area contributed by atoms with Crippen LogP contribution in [-0.2, 0) is 27.4 Å². The molecule has 0 aromatic heterocycles. The molecule has 0 radical (unpaired) electrons. The summed E-state index contributed by atoms with van der Waals surface area (Å²) >= 11 is 0. The van der Waals surface area contributed by atoms with Gasteiger partial charge in [0.1, 0.15) is 18.3 Å². The molecular formula is C32H44O4. The molecule has 3 aliphatic rings. The number of methoxy groups -OCH3 is 1. The highest BCUT2D eigenvalue weighted by Gasteiger charge is 2.59. The zero-order valence-electron chi connectivity index (χ0n) is 23.2. The first-order valence-electron chi connectivity index (χ1n) is 13.8. The first-order chi connectivity index (χ1) is 17.4. The number of esters is 1. The second-order valence-electron chi connectivity index (χ2n) is 10.1. The van der Waals surface area contributed by atoms with E-state index in [1.54, 1.807) is 0 Å². The third-order valence-electron chi connectivity index (χ3n) is 8.50. The van der Waals surface area contributed by atoms with Gasteiger partial charge in [-0.1, -0.05) is 71.0 Å². The Kier molecular flexibility index (Phi) is 9.38. The molecule has 2 saturated carbocycles. The Morgan fingerprint density at radius 1 is 1.06 bits per heavy atom. The van der Waals surface area contributed by atoms with E-state index in [0.717, 1.165) is 31.4 Å². The van der Waals surface area contributed by atoms with Gasteiger partial charge in [0.05, 0.1) is 7.11 Å². The molecule has 36 heavy (non-hydrogen) atoms. The van der Waals surface area contributed by atoms with E-state index < -0.39 is 5.92 Å². The molecule has 0 bridgehead atoms. The van der Waals surface area contributed by atoms with E-state index in [-0.39, 0.29) is 23.1 Å². The molecule has 0 amide bonds. The van der Waals surface area contributed by atoms with Gasteiger partial charge < -0.3 is 9.47 Å². The number of Topliss-reactive ketones (excluding diaryl/α,β-unsaturated/α-hetero) is 1. The van der Waals surface area contributed by atoms with Crippen molar-refractivity contribution in [3.05, 3.63) is 64.7 Å². The number of hydrogen-bond acceptors (Lipinski definition) is 4. The summed E-state index contributed by atoms with van der Waals surface area (Å²) in [5, 5.41) is 0. The lowest BCUT2D eigenvalue weighted by atomic mass is 9.55. The van der Waals surface area contributed by atoms with Crippen molar-refractivity contribution in [2.24, 2.45) is 23.2 Å². The Balaban J connectivity index is 0.000000861. The van der Waals surface area contributed by atoms with E-state index in [1.807, 2.05) is 45.9 Å². The van der Waals surface area contributed by atoms with Gasteiger partial charge in [-0.3, -0.25) is 9.59 Å². The van der Waals surface area contributed by atoms with Gasteiger partial charge in [-0.2, -0.15) is 0 Å². The van der Waals surface area contributed by atoms with Gasteiger partial charge in [-0.05, 0) is 85.1 Å². The van der Waals surface area contributed by atoms with Crippen LogP contribution in [0.1, 0.15) is 88.5 Å². The lowest BCUT2D eigenvalue weighted by molar-refractivity contribution is -0.149. The van der Waals surface area contributed by atoms with Crippen molar-refractivity contribution in [3.8, 4) is 5.75 Å². The van der Waals surface area contributed by atoms with Crippen LogP contribution < -0.4 is 4.74 Å². The summed E-state index contributed by atoms with van der Waals surface area (Å²) in [7, 11) is 1.39. The lowest BCUT2D eigenvalue weighted by Crippen LogP contribution is -2.43.